The number of aryl methyl sites for hydroxylation is 1. The van der Waals surface area contributed by atoms with E-state index >= 15 is 0 Å². The van der Waals surface area contributed by atoms with E-state index in [4.69, 9.17) is 9.53 Å². The van der Waals surface area contributed by atoms with Crippen molar-refractivity contribution in [3.63, 3.8) is 0 Å². The van der Waals surface area contributed by atoms with Crippen LogP contribution in [0.25, 0.3) is 22.4 Å². The number of aliphatic hydroxyl groups excluding tert-OH is 1. The molecule has 2 amide bonds. The number of benzene rings is 1. The lowest BCUT2D eigenvalue weighted by Crippen LogP contribution is -2.41. The van der Waals surface area contributed by atoms with Gasteiger partial charge in [0.1, 0.15) is 18.2 Å². The molecular formula is C28H34FN5O4. The van der Waals surface area contributed by atoms with Crippen LogP contribution in [-0.2, 0) is 9.59 Å². The third-order valence-electron chi connectivity index (χ3n) is 6.09. The Morgan fingerprint density at radius 2 is 1.95 bits per heavy atom. The molecule has 202 valence electrons. The minimum Gasteiger partial charge on any atom is -0.475 e. The summed E-state index contributed by atoms with van der Waals surface area (Å²) in [5.74, 6) is 0.243. The molecule has 0 bridgehead atoms. The van der Waals surface area contributed by atoms with Crippen LogP contribution in [0.5, 0.6) is 5.88 Å². The van der Waals surface area contributed by atoms with Crippen LogP contribution in [0.3, 0.4) is 0 Å². The number of nitrogens with one attached hydrogen (secondary N) is 2. The number of rotatable bonds is 8. The lowest BCUT2D eigenvalue weighted by atomic mass is 9.68. The number of ether oxygens (including phenoxy) is 1. The Balaban J connectivity index is 0.00000127. The molecule has 38 heavy (non-hydrogen) atoms. The van der Waals surface area contributed by atoms with Crippen molar-refractivity contribution in [3.05, 3.63) is 54.0 Å². The molecule has 5 N–H and O–H groups in total. The van der Waals surface area contributed by atoms with Gasteiger partial charge in [0, 0.05) is 30.8 Å². The highest BCUT2D eigenvalue weighted by molar-refractivity contribution is 5.88. The molecule has 1 aliphatic rings. The Kier molecular flexibility index (Phi) is 9.35. The van der Waals surface area contributed by atoms with Crippen LogP contribution in [0.2, 0.25) is 0 Å². The van der Waals surface area contributed by atoms with E-state index in [2.05, 4.69) is 40.2 Å². The van der Waals surface area contributed by atoms with Gasteiger partial charge in [-0.3, -0.25) is 9.59 Å². The van der Waals surface area contributed by atoms with Crippen LogP contribution in [-0.4, -0.2) is 46.6 Å². The zero-order chi connectivity index (χ0) is 27.9. The Hall–Kier alpha value is -4.05. The number of hydrogen-bond donors (Lipinski definition) is 4. The summed E-state index contributed by atoms with van der Waals surface area (Å²) in [4.78, 5) is 28.8. The lowest BCUT2D eigenvalue weighted by molar-refractivity contribution is -0.114. The molecule has 1 fully saturated rings. The number of amides is 2. The molecule has 0 spiro atoms. The summed E-state index contributed by atoms with van der Waals surface area (Å²) in [7, 11) is 0. The molecule has 4 rings (SSSR count). The zero-order valence-electron chi connectivity index (χ0n) is 22.0. The number of aliphatic hydroxyl groups is 1. The maximum atomic E-state index is 14.8. The maximum absolute atomic E-state index is 14.8. The third kappa shape index (κ3) is 7.48. The summed E-state index contributed by atoms with van der Waals surface area (Å²) < 4.78 is 20.5. The van der Waals surface area contributed by atoms with Gasteiger partial charge in [-0.05, 0) is 72.2 Å². The number of nitrogens with two attached hydrogens (primary N) is 1. The molecule has 1 saturated carbocycles. The number of carbonyl (C=O) groups is 2. The van der Waals surface area contributed by atoms with Crippen molar-refractivity contribution in [2.45, 2.75) is 46.6 Å². The molecule has 1 aromatic carbocycles. The first-order valence-electron chi connectivity index (χ1n) is 12.3. The molecule has 0 saturated heterocycles. The second kappa shape index (κ2) is 12.5. The second-order valence-electron chi connectivity index (χ2n) is 9.96. The average molecular weight is 524 g/mol. The Morgan fingerprint density at radius 3 is 2.58 bits per heavy atom. The van der Waals surface area contributed by atoms with Crippen LogP contribution < -0.4 is 21.1 Å². The molecule has 1 aliphatic carbocycles. The number of nitrogens with zero attached hydrogens (tertiary/aromatic N) is 2. The van der Waals surface area contributed by atoms with Crippen LogP contribution in [0.15, 0.2) is 42.6 Å². The summed E-state index contributed by atoms with van der Waals surface area (Å²) in [5.41, 5.74) is 8.68. The monoisotopic (exact) mass is 523 g/mol. The number of anilines is 2. The minimum atomic E-state index is -0.281. The SMILES string of the molecule is CC(=O)Nc1cc(-c2cc(-c3cc(NC4CC(C)(C)C4)c(F)cc3C)cc(OCCO)n2)ccn1.NC=O. The Morgan fingerprint density at radius 1 is 1.24 bits per heavy atom. The predicted octanol–water partition coefficient (Wildman–Crippen LogP) is 4.29. The summed E-state index contributed by atoms with van der Waals surface area (Å²) in [6, 6.07) is 10.8. The van der Waals surface area contributed by atoms with E-state index in [-0.39, 0.29) is 42.8 Å². The standard InChI is InChI=1S/C27H31FN4O3.CH3NO/c1-16-9-22(28)24(31-20-14-27(3,4)15-20)13-21(16)19-10-23(32-26(12-19)35-8-7-33)18-5-6-29-25(11-18)30-17(2)34;2-1-3/h5-6,9-13,20,31,33H,7-8,14-15H2,1-4H3,(H,29,30,34);1H,(H2,2,3). The molecule has 10 heteroatoms. The van der Waals surface area contributed by atoms with Gasteiger partial charge < -0.3 is 26.2 Å². The zero-order valence-corrected chi connectivity index (χ0v) is 22.0. The first-order chi connectivity index (χ1) is 18.0. The Bertz CT molecular complexity index is 1290. The van der Waals surface area contributed by atoms with Gasteiger partial charge in [0.2, 0.25) is 18.2 Å². The van der Waals surface area contributed by atoms with E-state index in [1.165, 1.54) is 13.0 Å². The number of primary amides is 1. The molecule has 3 aromatic rings. The second-order valence-corrected chi connectivity index (χ2v) is 9.96. The molecule has 0 atom stereocenters. The molecular weight excluding hydrogens is 489 g/mol. The van der Waals surface area contributed by atoms with Crippen LogP contribution >= 0.6 is 0 Å². The van der Waals surface area contributed by atoms with Gasteiger partial charge in [-0.1, -0.05) is 13.8 Å². The number of halogens is 1. The van der Waals surface area contributed by atoms with Crippen molar-refractivity contribution in [1.29, 1.82) is 0 Å². The maximum Gasteiger partial charge on any atom is 0.222 e. The largest absolute Gasteiger partial charge is 0.475 e. The van der Waals surface area contributed by atoms with Crippen molar-refractivity contribution >= 4 is 23.8 Å². The topological polar surface area (TPSA) is 139 Å². The van der Waals surface area contributed by atoms with E-state index in [1.807, 2.05) is 19.1 Å². The molecule has 9 nitrogen and oxygen atoms in total. The fourth-order valence-corrected chi connectivity index (χ4v) is 4.56. The van der Waals surface area contributed by atoms with Gasteiger partial charge in [-0.25, -0.2) is 14.4 Å². The normalized spacial score (nSPS) is 13.9. The highest BCUT2D eigenvalue weighted by atomic mass is 19.1. The van der Waals surface area contributed by atoms with Gasteiger partial charge in [0.25, 0.3) is 0 Å². The van der Waals surface area contributed by atoms with E-state index in [9.17, 15) is 14.3 Å². The summed E-state index contributed by atoms with van der Waals surface area (Å²) in [5, 5.41) is 15.3. The average Bonchev–Trinajstić information content (AvgIpc) is 2.83. The highest BCUT2D eigenvalue weighted by Gasteiger charge is 2.36. The van der Waals surface area contributed by atoms with Crippen molar-refractivity contribution in [1.82, 2.24) is 9.97 Å². The van der Waals surface area contributed by atoms with Crippen LogP contribution in [0.1, 0.15) is 39.2 Å². The molecule has 2 heterocycles. The summed E-state index contributed by atoms with van der Waals surface area (Å²) in [6.07, 6.45) is 3.83. The van der Waals surface area contributed by atoms with Crippen molar-refractivity contribution in [3.8, 4) is 28.3 Å². The number of carbonyl (C=O) groups excluding carboxylic acids is 2. The number of pyridine rings is 2. The fraction of sp³-hybridized carbons (Fsp3) is 0.357. The van der Waals surface area contributed by atoms with Crippen molar-refractivity contribution in [2.24, 2.45) is 11.1 Å². The van der Waals surface area contributed by atoms with E-state index in [1.54, 1.807) is 24.4 Å². The lowest BCUT2D eigenvalue weighted by Gasteiger charge is -2.43. The molecule has 0 unspecified atom stereocenters. The van der Waals surface area contributed by atoms with Gasteiger partial charge in [-0.15, -0.1) is 0 Å². The predicted molar refractivity (Wildman–Crippen MR) is 145 cm³/mol. The van der Waals surface area contributed by atoms with Crippen LogP contribution in [0.4, 0.5) is 15.9 Å². The van der Waals surface area contributed by atoms with Gasteiger partial charge in [0.15, 0.2) is 0 Å². The molecule has 0 radical (unpaired) electrons. The molecule has 2 aromatic heterocycles. The van der Waals surface area contributed by atoms with E-state index in [0.717, 1.165) is 35.1 Å². The van der Waals surface area contributed by atoms with Gasteiger partial charge >= 0.3 is 0 Å². The van der Waals surface area contributed by atoms with Crippen molar-refractivity contribution in [2.75, 3.05) is 23.8 Å². The van der Waals surface area contributed by atoms with Gasteiger partial charge in [0.05, 0.1) is 18.0 Å². The fourth-order valence-electron chi connectivity index (χ4n) is 4.56. The Labute approximate surface area is 221 Å². The van der Waals surface area contributed by atoms with E-state index in [0.29, 0.717) is 23.1 Å². The third-order valence-corrected chi connectivity index (χ3v) is 6.09. The smallest absolute Gasteiger partial charge is 0.222 e. The van der Waals surface area contributed by atoms with Crippen LogP contribution in [0, 0.1) is 18.2 Å². The molecule has 0 aliphatic heterocycles. The first-order valence-corrected chi connectivity index (χ1v) is 12.3. The number of aromatic nitrogens is 2. The minimum absolute atomic E-state index is 0.0933. The number of hydrogen-bond acceptors (Lipinski definition) is 7. The summed E-state index contributed by atoms with van der Waals surface area (Å²) >= 11 is 0. The van der Waals surface area contributed by atoms with Gasteiger partial charge in [-0.2, -0.15) is 0 Å². The first kappa shape index (κ1) is 28.5. The quantitative estimate of drug-likeness (QED) is 0.323. The van der Waals surface area contributed by atoms with Crippen molar-refractivity contribution < 1.29 is 23.8 Å². The van der Waals surface area contributed by atoms with E-state index < -0.39 is 0 Å². The highest BCUT2D eigenvalue weighted by Crippen LogP contribution is 2.42. The summed E-state index contributed by atoms with van der Waals surface area (Å²) in [6.45, 7) is 7.66.